The van der Waals surface area contributed by atoms with Gasteiger partial charge in [-0.15, -0.1) is 11.3 Å². The van der Waals surface area contributed by atoms with Crippen LogP contribution in [-0.2, 0) is 16.0 Å². The monoisotopic (exact) mass is 171 g/mol. The smallest absolute Gasteiger partial charge is 0.293 e. The van der Waals surface area contributed by atoms with Gasteiger partial charge in [0.05, 0.1) is 11.6 Å². The fourth-order valence-corrected chi connectivity index (χ4v) is 1.44. The van der Waals surface area contributed by atoms with E-state index in [0.29, 0.717) is 13.1 Å². The van der Waals surface area contributed by atoms with E-state index in [1.165, 1.54) is 11.3 Å². The highest BCUT2D eigenvalue weighted by Crippen LogP contribution is 2.16. The second-order valence-corrected chi connectivity index (χ2v) is 3.02. The maximum atomic E-state index is 9.76. The lowest BCUT2D eigenvalue weighted by Crippen LogP contribution is -1.94. The lowest BCUT2D eigenvalue weighted by Gasteiger charge is -1.93. The van der Waals surface area contributed by atoms with E-state index in [-0.39, 0.29) is 0 Å². The van der Waals surface area contributed by atoms with Crippen molar-refractivity contribution in [2.45, 2.75) is 6.42 Å². The summed E-state index contributed by atoms with van der Waals surface area (Å²) in [7, 11) is 0. The van der Waals surface area contributed by atoms with E-state index in [2.05, 4.69) is 4.74 Å². The summed E-state index contributed by atoms with van der Waals surface area (Å²) in [5.41, 5.74) is 6.61. The Labute approximate surface area is 68.8 Å². The maximum absolute atomic E-state index is 9.76. The second kappa shape index (κ2) is 3.98. The molecule has 0 fully saturated rings. The average molecular weight is 171 g/mol. The van der Waals surface area contributed by atoms with Gasteiger partial charge in [-0.1, -0.05) is 0 Å². The van der Waals surface area contributed by atoms with E-state index in [4.69, 9.17) is 5.73 Å². The van der Waals surface area contributed by atoms with Crippen LogP contribution in [0.3, 0.4) is 0 Å². The molecule has 2 N–H and O–H groups in total. The van der Waals surface area contributed by atoms with Crippen LogP contribution in [0.25, 0.3) is 0 Å². The number of anilines is 1. The summed E-state index contributed by atoms with van der Waals surface area (Å²) in [4.78, 5) is 9.76. The molecular weight excluding hydrogens is 162 g/mol. The van der Waals surface area contributed by atoms with Crippen LogP contribution in [0.2, 0.25) is 0 Å². The normalized spacial score (nSPS) is 9.45. The van der Waals surface area contributed by atoms with Gasteiger partial charge in [0.25, 0.3) is 6.47 Å². The number of hydrogen-bond acceptors (Lipinski definition) is 4. The van der Waals surface area contributed by atoms with Gasteiger partial charge in [-0.2, -0.15) is 0 Å². The van der Waals surface area contributed by atoms with Crippen LogP contribution in [0.4, 0.5) is 5.00 Å². The molecule has 11 heavy (non-hydrogen) atoms. The Morgan fingerprint density at radius 3 is 3.09 bits per heavy atom. The van der Waals surface area contributed by atoms with Gasteiger partial charge in [0.15, 0.2) is 0 Å². The van der Waals surface area contributed by atoms with Gasteiger partial charge in [-0.05, 0) is 17.0 Å². The number of thiophene rings is 1. The molecule has 0 saturated heterocycles. The van der Waals surface area contributed by atoms with E-state index in [1.54, 1.807) is 0 Å². The molecule has 4 heteroatoms. The summed E-state index contributed by atoms with van der Waals surface area (Å²) < 4.78 is 4.53. The molecule has 0 amide bonds. The lowest BCUT2D eigenvalue weighted by atomic mass is 10.2. The van der Waals surface area contributed by atoms with Crippen LogP contribution in [0, 0.1) is 0 Å². The number of hydrogen-bond donors (Lipinski definition) is 1. The molecule has 0 bridgehead atoms. The van der Waals surface area contributed by atoms with Gasteiger partial charge in [0.2, 0.25) is 0 Å². The van der Waals surface area contributed by atoms with Crippen LogP contribution in [0.1, 0.15) is 5.56 Å². The zero-order valence-corrected chi connectivity index (χ0v) is 6.76. The van der Waals surface area contributed by atoms with Crippen molar-refractivity contribution in [2.24, 2.45) is 0 Å². The van der Waals surface area contributed by atoms with Crippen molar-refractivity contribution in [2.75, 3.05) is 12.3 Å². The molecule has 60 valence electrons. The predicted molar refractivity (Wildman–Crippen MR) is 44.5 cm³/mol. The highest BCUT2D eigenvalue weighted by atomic mass is 32.1. The Morgan fingerprint density at radius 1 is 1.73 bits per heavy atom. The lowest BCUT2D eigenvalue weighted by molar-refractivity contribution is -0.128. The van der Waals surface area contributed by atoms with Crippen molar-refractivity contribution < 1.29 is 9.53 Å². The highest BCUT2D eigenvalue weighted by molar-refractivity contribution is 7.14. The van der Waals surface area contributed by atoms with E-state index in [0.717, 1.165) is 17.0 Å². The van der Waals surface area contributed by atoms with E-state index in [1.807, 2.05) is 11.4 Å². The Hall–Kier alpha value is -1.03. The molecule has 0 aromatic carbocycles. The molecule has 3 nitrogen and oxygen atoms in total. The topological polar surface area (TPSA) is 52.3 Å². The van der Waals surface area contributed by atoms with Crippen molar-refractivity contribution in [1.29, 1.82) is 0 Å². The summed E-state index contributed by atoms with van der Waals surface area (Å²) in [6, 6.07) is 1.89. The molecule has 1 heterocycles. The molecule has 1 aromatic heterocycles. The van der Waals surface area contributed by atoms with Gasteiger partial charge >= 0.3 is 0 Å². The first-order valence-corrected chi connectivity index (χ1v) is 4.09. The molecule has 0 atom stereocenters. The van der Waals surface area contributed by atoms with Crippen molar-refractivity contribution in [3.05, 3.63) is 17.0 Å². The van der Waals surface area contributed by atoms with E-state index >= 15 is 0 Å². The summed E-state index contributed by atoms with van der Waals surface area (Å²) in [6.07, 6.45) is 0.742. The van der Waals surface area contributed by atoms with Gasteiger partial charge in [0, 0.05) is 6.42 Å². The first-order valence-electron chi connectivity index (χ1n) is 3.21. The maximum Gasteiger partial charge on any atom is 0.293 e. The number of nitrogen functional groups attached to an aromatic ring is 1. The fourth-order valence-electron chi connectivity index (χ4n) is 0.750. The van der Waals surface area contributed by atoms with Crippen LogP contribution in [-0.4, -0.2) is 13.1 Å². The summed E-state index contributed by atoms with van der Waals surface area (Å²) in [5, 5.41) is 2.76. The van der Waals surface area contributed by atoms with Crippen molar-refractivity contribution >= 4 is 22.8 Å². The van der Waals surface area contributed by atoms with Crippen LogP contribution >= 0.6 is 11.3 Å². The standard InChI is InChI=1S/C7H9NO2S/c8-7-3-6(4-11-7)1-2-10-5-9/h3-5H,1-2,8H2. The zero-order chi connectivity index (χ0) is 8.10. The average Bonchev–Trinajstić information content (AvgIpc) is 2.37. The molecule has 0 aliphatic carbocycles. The third-order valence-electron chi connectivity index (χ3n) is 1.25. The first kappa shape index (κ1) is 8.07. The fraction of sp³-hybridized carbons (Fsp3) is 0.286. The molecule has 0 saturated carbocycles. The number of carbonyl (C=O) groups is 1. The Morgan fingerprint density at radius 2 is 2.55 bits per heavy atom. The van der Waals surface area contributed by atoms with Crippen molar-refractivity contribution in [3.8, 4) is 0 Å². The molecule has 0 radical (unpaired) electrons. The molecule has 0 aliphatic rings. The van der Waals surface area contributed by atoms with E-state index < -0.39 is 0 Å². The SMILES string of the molecule is Nc1cc(CCOC=O)cs1. The van der Waals surface area contributed by atoms with Gasteiger partial charge in [-0.3, -0.25) is 4.79 Å². The number of carbonyl (C=O) groups excluding carboxylic acids is 1. The molecule has 0 spiro atoms. The first-order chi connectivity index (χ1) is 5.33. The van der Waals surface area contributed by atoms with Gasteiger partial charge in [0.1, 0.15) is 0 Å². The number of nitrogens with two attached hydrogens (primary N) is 1. The number of ether oxygens (including phenoxy) is 1. The minimum Gasteiger partial charge on any atom is -0.468 e. The Balaban J connectivity index is 2.32. The van der Waals surface area contributed by atoms with Crippen LogP contribution < -0.4 is 5.73 Å². The zero-order valence-electron chi connectivity index (χ0n) is 5.95. The molecule has 1 rings (SSSR count). The Bertz CT molecular complexity index is 234. The quantitative estimate of drug-likeness (QED) is 0.544. The molecule has 0 unspecified atom stereocenters. The van der Waals surface area contributed by atoms with Crippen LogP contribution in [0.5, 0.6) is 0 Å². The summed E-state index contributed by atoms with van der Waals surface area (Å²) in [5.74, 6) is 0. The molecule has 1 aromatic rings. The third kappa shape index (κ3) is 2.59. The number of rotatable bonds is 4. The van der Waals surface area contributed by atoms with Crippen molar-refractivity contribution in [1.82, 2.24) is 0 Å². The van der Waals surface area contributed by atoms with Crippen molar-refractivity contribution in [3.63, 3.8) is 0 Å². The van der Waals surface area contributed by atoms with E-state index in [9.17, 15) is 4.79 Å². The Kier molecular flexibility index (Phi) is 2.92. The summed E-state index contributed by atoms with van der Waals surface area (Å²) in [6.45, 7) is 0.884. The summed E-state index contributed by atoms with van der Waals surface area (Å²) >= 11 is 1.50. The molecule has 0 aliphatic heterocycles. The predicted octanol–water partition coefficient (Wildman–Crippen LogP) is 1.05. The second-order valence-electron chi connectivity index (χ2n) is 2.07. The van der Waals surface area contributed by atoms with Crippen LogP contribution in [0.15, 0.2) is 11.4 Å². The highest BCUT2D eigenvalue weighted by Gasteiger charge is 1.95. The minimum absolute atomic E-state index is 0.430. The largest absolute Gasteiger partial charge is 0.468 e. The molecular formula is C7H9NO2S. The van der Waals surface area contributed by atoms with Gasteiger partial charge < -0.3 is 10.5 Å². The van der Waals surface area contributed by atoms with Gasteiger partial charge in [-0.25, -0.2) is 0 Å². The third-order valence-corrected chi connectivity index (χ3v) is 2.06. The minimum atomic E-state index is 0.430.